The Hall–Kier alpha value is -3.56. The first kappa shape index (κ1) is 30.0. The molecule has 2 amide bonds. The summed E-state index contributed by atoms with van der Waals surface area (Å²) in [5.74, 6) is -0.343. The average Bonchev–Trinajstić information content (AvgIpc) is 2.91. The van der Waals surface area contributed by atoms with Crippen LogP contribution in [0.3, 0.4) is 0 Å². The smallest absolute Gasteiger partial charge is 0.264 e. The van der Waals surface area contributed by atoms with Crippen LogP contribution in [0.1, 0.15) is 26.3 Å². The molecule has 208 valence electrons. The summed E-state index contributed by atoms with van der Waals surface area (Å²) in [5.41, 5.74) is 1.22. The third-order valence-electron chi connectivity index (χ3n) is 6.10. The minimum Gasteiger partial charge on any atom is -0.497 e. The van der Waals surface area contributed by atoms with E-state index in [-0.39, 0.29) is 29.1 Å². The van der Waals surface area contributed by atoms with Crippen molar-refractivity contribution < 1.29 is 22.7 Å². The van der Waals surface area contributed by atoms with Crippen LogP contribution in [0.4, 0.5) is 5.69 Å². The number of anilines is 1. The quantitative estimate of drug-likeness (QED) is 0.345. The molecule has 0 heterocycles. The van der Waals surface area contributed by atoms with Gasteiger partial charge in [0, 0.05) is 17.6 Å². The number of rotatable bonds is 12. The van der Waals surface area contributed by atoms with Crippen LogP contribution in [0.15, 0.2) is 83.8 Å². The summed E-state index contributed by atoms with van der Waals surface area (Å²) in [6.07, 6.45) is 0.494. The van der Waals surface area contributed by atoms with Crippen LogP contribution in [0.2, 0.25) is 5.02 Å². The van der Waals surface area contributed by atoms with Crippen LogP contribution in [-0.4, -0.2) is 57.4 Å². The van der Waals surface area contributed by atoms with Gasteiger partial charge in [-0.15, -0.1) is 0 Å². The predicted octanol–water partition coefficient (Wildman–Crippen LogP) is 4.53. The van der Waals surface area contributed by atoms with Gasteiger partial charge in [0.1, 0.15) is 18.3 Å². The molecule has 0 radical (unpaired) electrons. The molecule has 0 aliphatic rings. The standard InChI is InChI=1S/C29H34ClN3O5S/c1-21(2)31-29(35)22(3)32(18-17-23-9-6-5-7-10-23)28(34)20-33(25-12-8-11-24(30)19-25)39(36,37)27-15-13-26(38-4)14-16-27/h5-16,19,21-22H,17-18,20H2,1-4H3,(H,31,35)/t22-/m0/s1. The zero-order valence-electron chi connectivity index (χ0n) is 22.5. The maximum atomic E-state index is 13.8. The Morgan fingerprint density at radius 1 is 0.949 bits per heavy atom. The Kier molecular flexibility index (Phi) is 10.4. The monoisotopic (exact) mass is 571 g/mol. The van der Waals surface area contributed by atoms with Gasteiger partial charge in [-0.1, -0.05) is 48.0 Å². The lowest BCUT2D eigenvalue weighted by atomic mass is 10.1. The summed E-state index contributed by atoms with van der Waals surface area (Å²) < 4.78 is 33.8. The second-order valence-electron chi connectivity index (χ2n) is 9.33. The summed E-state index contributed by atoms with van der Waals surface area (Å²) in [6, 6.07) is 20.8. The highest BCUT2D eigenvalue weighted by atomic mass is 35.5. The number of methoxy groups -OCH3 is 1. The summed E-state index contributed by atoms with van der Waals surface area (Å²) in [7, 11) is -2.70. The molecule has 0 unspecified atom stereocenters. The first-order valence-corrected chi connectivity index (χ1v) is 14.4. The molecule has 3 rings (SSSR count). The van der Waals surface area contributed by atoms with Crippen molar-refractivity contribution in [2.45, 2.75) is 44.2 Å². The van der Waals surface area contributed by atoms with Gasteiger partial charge >= 0.3 is 0 Å². The highest BCUT2D eigenvalue weighted by molar-refractivity contribution is 7.92. The highest BCUT2D eigenvalue weighted by Crippen LogP contribution is 2.27. The summed E-state index contributed by atoms with van der Waals surface area (Å²) in [4.78, 5) is 28.2. The first-order valence-electron chi connectivity index (χ1n) is 12.6. The molecule has 1 atom stereocenters. The minimum atomic E-state index is -4.19. The van der Waals surface area contributed by atoms with Gasteiger partial charge in [-0.2, -0.15) is 0 Å². The number of hydrogen-bond donors (Lipinski definition) is 1. The molecule has 8 nitrogen and oxygen atoms in total. The van der Waals surface area contributed by atoms with Crippen LogP contribution >= 0.6 is 11.6 Å². The first-order chi connectivity index (χ1) is 18.5. The lowest BCUT2D eigenvalue weighted by Gasteiger charge is -2.32. The van der Waals surface area contributed by atoms with Crippen LogP contribution < -0.4 is 14.4 Å². The molecule has 0 saturated carbocycles. The molecular weight excluding hydrogens is 538 g/mol. The van der Waals surface area contributed by atoms with E-state index in [9.17, 15) is 18.0 Å². The number of hydrogen-bond acceptors (Lipinski definition) is 5. The van der Waals surface area contributed by atoms with Gasteiger partial charge in [0.05, 0.1) is 17.7 Å². The number of halogens is 1. The number of ether oxygens (including phenoxy) is 1. The van der Waals surface area contributed by atoms with Gasteiger partial charge in [-0.25, -0.2) is 8.42 Å². The average molecular weight is 572 g/mol. The number of carbonyl (C=O) groups is 2. The van der Waals surface area contributed by atoms with Crippen molar-refractivity contribution in [3.05, 3.63) is 89.4 Å². The van der Waals surface area contributed by atoms with E-state index in [4.69, 9.17) is 16.3 Å². The van der Waals surface area contributed by atoms with Crippen molar-refractivity contribution >= 4 is 39.1 Å². The maximum Gasteiger partial charge on any atom is 0.264 e. The summed E-state index contributed by atoms with van der Waals surface area (Å²) >= 11 is 6.20. The van der Waals surface area contributed by atoms with E-state index in [1.165, 1.54) is 42.3 Å². The van der Waals surface area contributed by atoms with Crippen molar-refractivity contribution in [3.8, 4) is 5.75 Å². The van der Waals surface area contributed by atoms with E-state index in [0.29, 0.717) is 17.2 Å². The third kappa shape index (κ3) is 7.97. The second-order valence-corrected chi connectivity index (χ2v) is 11.6. The molecule has 0 fully saturated rings. The lowest BCUT2D eigenvalue weighted by molar-refractivity contribution is -0.139. The van der Waals surface area contributed by atoms with Crippen LogP contribution in [0.25, 0.3) is 0 Å². The molecule has 3 aromatic rings. The van der Waals surface area contributed by atoms with Crippen molar-refractivity contribution in [1.29, 1.82) is 0 Å². The van der Waals surface area contributed by atoms with E-state index < -0.39 is 28.5 Å². The number of carbonyl (C=O) groups excluding carboxylic acids is 2. The molecular formula is C29H34ClN3O5S. The molecule has 0 spiro atoms. The van der Waals surface area contributed by atoms with E-state index in [1.807, 2.05) is 44.2 Å². The largest absolute Gasteiger partial charge is 0.497 e. The SMILES string of the molecule is COc1ccc(S(=O)(=O)N(CC(=O)N(CCc2ccccc2)[C@@H](C)C(=O)NC(C)C)c2cccc(Cl)c2)cc1. The Balaban J connectivity index is 1.98. The number of amides is 2. The topological polar surface area (TPSA) is 96.0 Å². The number of benzene rings is 3. The molecule has 0 saturated heterocycles. The number of sulfonamides is 1. The van der Waals surface area contributed by atoms with Crippen molar-refractivity contribution in [2.75, 3.05) is 24.5 Å². The summed E-state index contributed by atoms with van der Waals surface area (Å²) in [6.45, 7) is 5.01. The fourth-order valence-electron chi connectivity index (χ4n) is 4.01. The Labute approximate surface area is 235 Å². The van der Waals surface area contributed by atoms with Gasteiger partial charge in [0.15, 0.2) is 0 Å². The number of nitrogens with one attached hydrogen (secondary N) is 1. The van der Waals surface area contributed by atoms with E-state index in [1.54, 1.807) is 25.1 Å². The molecule has 39 heavy (non-hydrogen) atoms. The lowest BCUT2D eigenvalue weighted by Crippen LogP contribution is -2.53. The van der Waals surface area contributed by atoms with Crippen molar-refractivity contribution in [2.24, 2.45) is 0 Å². The normalized spacial score (nSPS) is 12.1. The number of nitrogens with zero attached hydrogens (tertiary/aromatic N) is 2. The molecule has 1 N–H and O–H groups in total. The van der Waals surface area contributed by atoms with Crippen molar-refractivity contribution in [3.63, 3.8) is 0 Å². The fourth-order valence-corrected chi connectivity index (χ4v) is 5.60. The zero-order chi connectivity index (χ0) is 28.6. The summed E-state index contributed by atoms with van der Waals surface area (Å²) in [5, 5.41) is 3.16. The van der Waals surface area contributed by atoms with Gasteiger partial charge < -0.3 is 15.0 Å². The second kappa shape index (κ2) is 13.5. The van der Waals surface area contributed by atoms with Crippen LogP contribution in [-0.2, 0) is 26.0 Å². The third-order valence-corrected chi connectivity index (χ3v) is 8.13. The Bertz CT molecular complexity index is 1370. The van der Waals surface area contributed by atoms with Crippen LogP contribution in [0, 0.1) is 0 Å². The minimum absolute atomic E-state index is 0.0162. The Morgan fingerprint density at radius 2 is 1.62 bits per heavy atom. The molecule has 10 heteroatoms. The fraction of sp³-hybridized carbons (Fsp3) is 0.310. The van der Waals surface area contributed by atoms with Gasteiger partial charge in [-0.05, 0) is 75.2 Å². The molecule has 0 aliphatic heterocycles. The van der Waals surface area contributed by atoms with Gasteiger partial charge in [0.25, 0.3) is 10.0 Å². The maximum absolute atomic E-state index is 13.8. The van der Waals surface area contributed by atoms with E-state index in [0.717, 1.165) is 9.87 Å². The van der Waals surface area contributed by atoms with Gasteiger partial charge in [-0.3, -0.25) is 13.9 Å². The molecule has 0 aromatic heterocycles. The zero-order valence-corrected chi connectivity index (χ0v) is 24.1. The van der Waals surface area contributed by atoms with Crippen molar-refractivity contribution in [1.82, 2.24) is 10.2 Å². The molecule has 3 aromatic carbocycles. The molecule has 0 aliphatic carbocycles. The van der Waals surface area contributed by atoms with Gasteiger partial charge in [0.2, 0.25) is 11.8 Å². The van der Waals surface area contributed by atoms with Crippen LogP contribution in [0.5, 0.6) is 5.75 Å². The predicted molar refractivity (Wildman–Crippen MR) is 154 cm³/mol. The van der Waals surface area contributed by atoms with E-state index >= 15 is 0 Å². The highest BCUT2D eigenvalue weighted by Gasteiger charge is 2.32. The van der Waals surface area contributed by atoms with E-state index in [2.05, 4.69) is 5.32 Å². The molecule has 0 bridgehead atoms. The Morgan fingerprint density at radius 3 is 2.21 bits per heavy atom.